The van der Waals surface area contributed by atoms with Crippen molar-refractivity contribution in [3.05, 3.63) is 34.9 Å². The lowest BCUT2D eigenvalue weighted by molar-refractivity contribution is -0.170. The van der Waals surface area contributed by atoms with Gasteiger partial charge in [-0.1, -0.05) is 30.7 Å². The van der Waals surface area contributed by atoms with Crippen molar-refractivity contribution < 1.29 is 28.5 Å². The minimum absolute atomic E-state index is 0.0791. The van der Waals surface area contributed by atoms with Crippen molar-refractivity contribution in [1.82, 2.24) is 0 Å². The molecule has 5 rings (SSSR count). The zero-order chi connectivity index (χ0) is 25.3. The molecular weight excluding hydrogens is 456 g/mol. The van der Waals surface area contributed by atoms with Gasteiger partial charge in [-0.3, -0.25) is 9.59 Å². The molecule has 36 heavy (non-hydrogen) atoms. The predicted molar refractivity (Wildman–Crippen MR) is 136 cm³/mol. The summed E-state index contributed by atoms with van der Waals surface area (Å²) in [6.07, 6.45) is 7.93. The number of carbonyl (C=O) groups is 2. The average molecular weight is 499 g/mol. The molecule has 198 valence electrons. The number of hydrogen-bond acceptors (Lipinski definition) is 6. The lowest BCUT2D eigenvalue weighted by Gasteiger charge is -2.48. The molecule has 0 bridgehead atoms. The molecule has 1 saturated heterocycles. The number of methoxy groups -OCH3 is 1. The van der Waals surface area contributed by atoms with Gasteiger partial charge in [0.25, 0.3) is 0 Å². The van der Waals surface area contributed by atoms with E-state index in [2.05, 4.69) is 32.0 Å². The third kappa shape index (κ3) is 4.54. The minimum Gasteiger partial charge on any atom is -0.468 e. The molecule has 0 N–H and O–H groups in total. The lowest BCUT2D eigenvalue weighted by Crippen LogP contribution is -2.45. The standard InChI is InChI=1S/C30H42O6/c1-20-7-9-22-21(18-20)8-10-24-23(22)11-12-29(2)25(24)19-30(27(29)31,28(32)33-3)13-15-34-16-17-36-26-6-4-5-14-35-26/h7,9,18,23-26H,4-6,8,10-17,19H2,1-3H3/t23?,24?,25?,26?,29-,30-/m0/s1. The summed E-state index contributed by atoms with van der Waals surface area (Å²) in [6, 6.07) is 6.86. The van der Waals surface area contributed by atoms with Crippen LogP contribution in [-0.2, 0) is 35.0 Å². The monoisotopic (exact) mass is 498 g/mol. The summed E-state index contributed by atoms with van der Waals surface area (Å²) in [5, 5.41) is 0. The molecule has 4 unspecified atom stereocenters. The second kappa shape index (κ2) is 10.5. The Bertz CT molecular complexity index is 968. The first-order chi connectivity index (χ1) is 17.4. The molecule has 1 aliphatic heterocycles. The normalized spacial score (nSPS) is 35.6. The van der Waals surface area contributed by atoms with Crippen LogP contribution in [0.15, 0.2) is 18.2 Å². The number of aryl methyl sites for hydroxylation is 2. The SMILES string of the molecule is COC(=O)[C@@]1(CCOCCOC2CCCCO2)CC2C3CCc4cc(C)ccc4C3CC[C@]2(C)C1=O. The second-order valence-electron chi connectivity index (χ2n) is 11.7. The Hall–Kier alpha value is -1.76. The number of rotatable bonds is 8. The number of Topliss-reactive ketones (excluding diaryl/α,β-unsaturated/α-hetero) is 1. The van der Waals surface area contributed by atoms with Crippen LogP contribution in [-0.4, -0.2) is 51.6 Å². The van der Waals surface area contributed by atoms with Gasteiger partial charge in [-0.25, -0.2) is 0 Å². The fourth-order valence-electron chi connectivity index (χ4n) is 7.82. The third-order valence-corrected chi connectivity index (χ3v) is 9.71. The first kappa shape index (κ1) is 25.9. The van der Waals surface area contributed by atoms with E-state index in [0.29, 0.717) is 44.5 Å². The number of ketones is 1. The van der Waals surface area contributed by atoms with E-state index in [1.165, 1.54) is 23.8 Å². The van der Waals surface area contributed by atoms with Crippen molar-refractivity contribution >= 4 is 11.8 Å². The van der Waals surface area contributed by atoms with Crippen molar-refractivity contribution in [2.24, 2.45) is 22.7 Å². The maximum Gasteiger partial charge on any atom is 0.319 e. The van der Waals surface area contributed by atoms with Crippen LogP contribution in [0.4, 0.5) is 0 Å². The second-order valence-corrected chi connectivity index (χ2v) is 11.7. The molecule has 0 spiro atoms. The number of esters is 1. The molecule has 6 atom stereocenters. The first-order valence-electron chi connectivity index (χ1n) is 13.9. The molecule has 4 aliphatic rings. The topological polar surface area (TPSA) is 71.1 Å². The molecule has 2 saturated carbocycles. The Balaban J connectivity index is 1.26. The van der Waals surface area contributed by atoms with Crippen molar-refractivity contribution in [2.75, 3.05) is 33.5 Å². The highest BCUT2D eigenvalue weighted by molar-refractivity contribution is 6.08. The fraction of sp³-hybridized carbons (Fsp3) is 0.733. The lowest BCUT2D eigenvalue weighted by atomic mass is 9.55. The first-order valence-corrected chi connectivity index (χ1v) is 13.9. The maximum absolute atomic E-state index is 14.1. The Morgan fingerprint density at radius 2 is 2.00 bits per heavy atom. The van der Waals surface area contributed by atoms with E-state index in [1.807, 2.05) is 0 Å². The van der Waals surface area contributed by atoms with Crippen LogP contribution in [0, 0.1) is 29.6 Å². The Morgan fingerprint density at radius 3 is 2.78 bits per heavy atom. The molecule has 3 aliphatic carbocycles. The van der Waals surface area contributed by atoms with Crippen LogP contribution in [0.2, 0.25) is 0 Å². The van der Waals surface area contributed by atoms with E-state index in [-0.39, 0.29) is 24.0 Å². The van der Waals surface area contributed by atoms with Gasteiger partial charge in [-0.2, -0.15) is 0 Å². The number of carbonyl (C=O) groups excluding carboxylic acids is 2. The van der Waals surface area contributed by atoms with E-state index in [4.69, 9.17) is 18.9 Å². The highest BCUT2D eigenvalue weighted by Crippen LogP contribution is 2.64. The van der Waals surface area contributed by atoms with Gasteiger partial charge in [0.05, 0.1) is 20.3 Å². The van der Waals surface area contributed by atoms with E-state index in [0.717, 1.165) is 51.6 Å². The van der Waals surface area contributed by atoms with Crippen LogP contribution in [0.5, 0.6) is 0 Å². The molecule has 3 fully saturated rings. The number of fused-ring (bicyclic) bond motifs is 5. The third-order valence-electron chi connectivity index (χ3n) is 9.71. The van der Waals surface area contributed by atoms with Gasteiger partial charge in [-0.05, 0) is 93.6 Å². The van der Waals surface area contributed by atoms with Crippen LogP contribution in [0.25, 0.3) is 0 Å². The summed E-state index contributed by atoms with van der Waals surface area (Å²) in [4.78, 5) is 27.3. The Kier molecular flexibility index (Phi) is 7.58. The van der Waals surface area contributed by atoms with Gasteiger partial charge in [0.1, 0.15) is 5.41 Å². The summed E-state index contributed by atoms with van der Waals surface area (Å²) in [6.45, 7) is 6.24. The Morgan fingerprint density at radius 1 is 1.14 bits per heavy atom. The summed E-state index contributed by atoms with van der Waals surface area (Å²) in [7, 11) is 1.41. The summed E-state index contributed by atoms with van der Waals surface area (Å²) in [5.74, 6) is 0.796. The van der Waals surface area contributed by atoms with E-state index >= 15 is 0 Å². The number of ether oxygens (including phenoxy) is 4. The van der Waals surface area contributed by atoms with Gasteiger partial charge in [0.15, 0.2) is 12.1 Å². The van der Waals surface area contributed by atoms with Gasteiger partial charge in [0, 0.05) is 18.6 Å². The zero-order valence-corrected chi connectivity index (χ0v) is 22.2. The van der Waals surface area contributed by atoms with E-state index in [1.54, 1.807) is 0 Å². The van der Waals surface area contributed by atoms with Gasteiger partial charge in [-0.15, -0.1) is 0 Å². The average Bonchev–Trinajstić information content (AvgIpc) is 3.13. The largest absolute Gasteiger partial charge is 0.468 e. The molecule has 6 nitrogen and oxygen atoms in total. The molecule has 0 amide bonds. The molecule has 0 radical (unpaired) electrons. The Labute approximate surface area is 215 Å². The quantitative estimate of drug-likeness (QED) is 0.281. The number of benzene rings is 1. The molecule has 1 heterocycles. The highest BCUT2D eigenvalue weighted by atomic mass is 16.7. The molecule has 1 aromatic carbocycles. The predicted octanol–water partition coefficient (Wildman–Crippen LogP) is 5.14. The van der Waals surface area contributed by atoms with Crippen molar-refractivity contribution in [2.45, 2.75) is 83.8 Å². The van der Waals surface area contributed by atoms with E-state index < -0.39 is 10.8 Å². The summed E-state index contributed by atoms with van der Waals surface area (Å²) >= 11 is 0. The molecule has 6 heteroatoms. The van der Waals surface area contributed by atoms with Crippen LogP contribution in [0.3, 0.4) is 0 Å². The zero-order valence-electron chi connectivity index (χ0n) is 22.2. The van der Waals surface area contributed by atoms with Crippen molar-refractivity contribution in [1.29, 1.82) is 0 Å². The van der Waals surface area contributed by atoms with Crippen molar-refractivity contribution in [3.8, 4) is 0 Å². The fourth-order valence-corrected chi connectivity index (χ4v) is 7.82. The summed E-state index contributed by atoms with van der Waals surface area (Å²) < 4.78 is 22.5. The molecule has 0 aromatic heterocycles. The minimum atomic E-state index is -1.11. The van der Waals surface area contributed by atoms with Gasteiger partial charge < -0.3 is 18.9 Å². The van der Waals surface area contributed by atoms with Crippen molar-refractivity contribution in [3.63, 3.8) is 0 Å². The van der Waals surface area contributed by atoms with Crippen LogP contribution in [0.1, 0.15) is 80.9 Å². The molecule has 1 aromatic rings. The highest BCUT2D eigenvalue weighted by Gasteiger charge is 2.66. The summed E-state index contributed by atoms with van der Waals surface area (Å²) in [5.41, 5.74) is 2.67. The number of hydrogen-bond donors (Lipinski definition) is 0. The van der Waals surface area contributed by atoms with Crippen LogP contribution < -0.4 is 0 Å². The smallest absolute Gasteiger partial charge is 0.319 e. The van der Waals surface area contributed by atoms with Crippen LogP contribution >= 0.6 is 0 Å². The maximum atomic E-state index is 14.1. The van der Waals surface area contributed by atoms with E-state index in [9.17, 15) is 9.59 Å². The molecular formula is C30H42O6. The van der Waals surface area contributed by atoms with Gasteiger partial charge >= 0.3 is 5.97 Å². The van der Waals surface area contributed by atoms with Gasteiger partial charge in [0.2, 0.25) is 0 Å².